The summed E-state index contributed by atoms with van der Waals surface area (Å²) in [7, 11) is 0. The zero-order valence-electron chi connectivity index (χ0n) is 10.4. The van der Waals surface area contributed by atoms with Gasteiger partial charge in [-0.25, -0.2) is 0 Å². The predicted molar refractivity (Wildman–Crippen MR) is 79.1 cm³/mol. The molecule has 1 atom stereocenters. The van der Waals surface area contributed by atoms with E-state index in [1.54, 1.807) is 0 Å². The summed E-state index contributed by atoms with van der Waals surface area (Å²) in [6.45, 7) is 2.11. The van der Waals surface area contributed by atoms with Gasteiger partial charge in [0.2, 0.25) is 0 Å². The lowest BCUT2D eigenvalue weighted by Gasteiger charge is -2.16. The third kappa shape index (κ3) is 3.42. The first-order valence-corrected chi connectivity index (χ1v) is 6.75. The average molecular weight is 305 g/mol. The SMILES string of the molecule is Cc1cccc(CC(NN)c2ccc(Br)cc2)c1. The lowest BCUT2D eigenvalue weighted by atomic mass is 9.98. The molecule has 0 saturated carbocycles. The number of hydrogen-bond acceptors (Lipinski definition) is 2. The van der Waals surface area contributed by atoms with Crippen molar-refractivity contribution in [3.8, 4) is 0 Å². The van der Waals surface area contributed by atoms with E-state index >= 15 is 0 Å². The van der Waals surface area contributed by atoms with Crippen molar-refractivity contribution in [2.24, 2.45) is 5.84 Å². The number of hydrazine groups is 1. The fourth-order valence-corrected chi connectivity index (χ4v) is 2.31. The molecule has 18 heavy (non-hydrogen) atoms. The minimum absolute atomic E-state index is 0.139. The third-order valence-corrected chi connectivity index (χ3v) is 3.52. The number of benzene rings is 2. The fraction of sp³-hybridized carbons (Fsp3) is 0.200. The lowest BCUT2D eigenvalue weighted by Crippen LogP contribution is -2.29. The molecular formula is C15H17BrN2. The number of aryl methyl sites for hydroxylation is 1. The molecule has 0 aliphatic carbocycles. The topological polar surface area (TPSA) is 38.0 Å². The summed E-state index contributed by atoms with van der Waals surface area (Å²) in [6, 6.07) is 16.9. The first-order valence-electron chi connectivity index (χ1n) is 5.96. The standard InChI is InChI=1S/C15H17BrN2/c1-11-3-2-4-12(9-11)10-15(18-17)13-5-7-14(16)8-6-13/h2-9,15,18H,10,17H2,1H3. The Kier molecular flexibility index (Phi) is 4.53. The Bertz CT molecular complexity index is 508. The second kappa shape index (κ2) is 6.14. The van der Waals surface area contributed by atoms with Crippen molar-refractivity contribution in [3.63, 3.8) is 0 Å². The molecule has 2 aromatic carbocycles. The monoisotopic (exact) mass is 304 g/mol. The van der Waals surface area contributed by atoms with E-state index in [9.17, 15) is 0 Å². The Balaban J connectivity index is 2.17. The largest absolute Gasteiger partial charge is 0.271 e. The number of hydrogen-bond donors (Lipinski definition) is 2. The summed E-state index contributed by atoms with van der Waals surface area (Å²) in [5.74, 6) is 5.67. The highest BCUT2D eigenvalue weighted by Gasteiger charge is 2.10. The summed E-state index contributed by atoms with van der Waals surface area (Å²) in [6.07, 6.45) is 0.889. The number of halogens is 1. The van der Waals surface area contributed by atoms with Gasteiger partial charge < -0.3 is 0 Å². The van der Waals surface area contributed by atoms with Crippen LogP contribution in [0, 0.1) is 6.92 Å². The van der Waals surface area contributed by atoms with Gasteiger partial charge in [-0.3, -0.25) is 11.3 Å². The van der Waals surface area contributed by atoms with Gasteiger partial charge in [-0.05, 0) is 36.6 Å². The summed E-state index contributed by atoms with van der Waals surface area (Å²) < 4.78 is 1.08. The third-order valence-electron chi connectivity index (χ3n) is 3.00. The molecule has 0 radical (unpaired) electrons. The van der Waals surface area contributed by atoms with Crippen LogP contribution in [0.4, 0.5) is 0 Å². The zero-order valence-corrected chi connectivity index (χ0v) is 11.9. The maximum Gasteiger partial charge on any atom is 0.0500 e. The molecule has 0 saturated heterocycles. The van der Waals surface area contributed by atoms with Gasteiger partial charge in [0.1, 0.15) is 0 Å². The van der Waals surface area contributed by atoms with Gasteiger partial charge in [-0.1, -0.05) is 57.9 Å². The van der Waals surface area contributed by atoms with Crippen LogP contribution in [-0.2, 0) is 6.42 Å². The van der Waals surface area contributed by atoms with E-state index in [1.165, 1.54) is 16.7 Å². The normalized spacial score (nSPS) is 12.4. The van der Waals surface area contributed by atoms with Gasteiger partial charge in [0, 0.05) is 10.5 Å². The van der Waals surface area contributed by atoms with Crippen molar-refractivity contribution < 1.29 is 0 Å². The minimum Gasteiger partial charge on any atom is -0.271 e. The minimum atomic E-state index is 0.139. The fourth-order valence-electron chi connectivity index (χ4n) is 2.04. The molecule has 0 aliphatic heterocycles. The second-order valence-electron chi connectivity index (χ2n) is 4.46. The highest BCUT2D eigenvalue weighted by atomic mass is 79.9. The molecule has 0 bridgehead atoms. The Morgan fingerprint density at radius 3 is 2.50 bits per heavy atom. The van der Waals surface area contributed by atoms with Crippen LogP contribution in [-0.4, -0.2) is 0 Å². The van der Waals surface area contributed by atoms with Gasteiger partial charge in [0.05, 0.1) is 0 Å². The van der Waals surface area contributed by atoms with E-state index in [0.29, 0.717) is 0 Å². The highest BCUT2D eigenvalue weighted by molar-refractivity contribution is 9.10. The van der Waals surface area contributed by atoms with Crippen LogP contribution in [0.15, 0.2) is 53.0 Å². The van der Waals surface area contributed by atoms with Crippen LogP contribution in [0.2, 0.25) is 0 Å². The van der Waals surface area contributed by atoms with E-state index in [4.69, 9.17) is 5.84 Å². The quantitative estimate of drug-likeness (QED) is 0.670. The maximum atomic E-state index is 5.67. The van der Waals surface area contributed by atoms with Gasteiger partial charge in [0.15, 0.2) is 0 Å². The Hall–Kier alpha value is -1.16. The molecule has 1 unspecified atom stereocenters. The van der Waals surface area contributed by atoms with Gasteiger partial charge >= 0.3 is 0 Å². The smallest absolute Gasteiger partial charge is 0.0500 e. The highest BCUT2D eigenvalue weighted by Crippen LogP contribution is 2.20. The lowest BCUT2D eigenvalue weighted by molar-refractivity contribution is 0.552. The molecular weight excluding hydrogens is 288 g/mol. The van der Waals surface area contributed by atoms with Crippen molar-refractivity contribution >= 4 is 15.9 Å². The first-order chi connectivity index (χ1) is 8.69. The van der Waals surface area contributed by atoms with Gasteiger partial charge in [-0.2, -0.15) is 0 Å². The molecule has 0 fully saturated rings. The maximum absolute atomic E-state index is 5.67. The van der Waals surface area contributed by atoms with Crippen molar-refractivity contribution in [2.75, 3.05) is 0 Å². The molecule has 0 aliphatic rings. The average Bonchev–Trinajstić information content (AvgIpc) is 2.37. The Labute approximate surface area is 116 Å². The summed E-state index contributed by atoms with van der Waals surface area (Å²) in [5, 5.41) is 0. The van der Waals surface area contributed by atoms with Gasteiger partial charge in [0.25, 0.3) is 0 Å². The summed E-state index contributed by atoms with van der Waals surface area (Å²) >= 11 is 3.44. The molecule has 0 spiro atoms. The molecule has 2 rings (SSSR count). The Morgan fingerprint density at radius 2 is 1.89 bits per heavy atom. The van der Waals surface area contributed by atoms with Crippen LogP contribution in [0.1, 0.15) is 22.7 Å². The van der Waals surface area contributed by atoms with Crippen LogP contribution in [0.3, 0.4) is 0 Å². The van der Waals surface area contributed by atoms with E-state index in [0.717, 1.165) is 10.9 Å². The molecule has 0 heterocycles. The second-order valence-corrected chi connectivity index (χ2v) is 5.38. The van der Waals surface area contributed by atoms with Gasteiger partial charge in [-0.15, -0.1) is 0 Å². The first kappa shape index (κ1) is 13.3. The Morgan fingerprint density at radius 1 is 1.17 bits per heavy atom. The van der Waals surface area contributed by atoms with Crippen molar-refractivity contribution in [1.29, 1.82) is 0 Å². The van der Waals surface area contributed by atoms with Crippen molar-refractivity contribution in [1.82, 2.24) is 5.43 Å². The van der Waals surface area contributed by atoms with Crippen molar-refractivity contribution in [3.05, 3.63) is 69.7 Å². The van der Waals surface area contributed by atoms with E-state index in [2.05, 4.69) is 64.7 Å². The number of rotatable bonds is 4. The molecule has 94 valence electrons. The number of nitrogens with one attached hydrogen (secondary N) is 1. The van der Waals surface area contributed by atoms with Crippen molar-refractivity contribution in [2.45, 2.75) is 19.4 Å². The van der Waals surface area contributed by atoms with E-state index < -0.39 is 0 Å². The van der Waals surface area contributed by atoms with E-state index in [-0.39, 0.29) is 6.04 Å². The molecule has 3 heteroatoms. The zero-order chi connectivity index (χ0) is 13.0. The van der Waals surface area contributed by atoms with Crippen LogP contribution in [0.25, 0.3) is 0 Å². The van der Waals surface area contributed by atoms with Crippen LogP contribution in [0.5, 0.6) is 0 Å². The molecule has 3 N–H and O–H groups in total. The van der Waals surface area contributed by atoms with Crippen LogP contribution >= 0.6 is 15.9 Å². The number of nitrogens with two attached hydrogens (primary N) is 1. The molecule has 2 nitrogen and oxygen atoms in total. The molecule has 0 aromatic heterocycles. The van der Waals surface area contributed by atoms with E-state index in [1.807, 2.05) is 12.1 Å². The predicted octanol–water partition coefficient (Wildman–Crippen LogP) is 3.50. The summed E-state index contributed by atoms with van der Waals surface area (Å²) in [5.41, 5.74) is 6.66. The summed E-state index contributed by atoms with van der Waals surface area (Å²) in [4.78, 5) is 0. The molecule has 0 amide bonds. The van der Waals surface area contributed by atoms with Crippen LogP contribution < -0.4 is 11.3 Å². The molecule has 2 aromatic rings.